The standard InChI is InChI=1S/C23H24N4O2/c1-14-5-8-17(9-6-14)23(28)27(4)12-11-20-25-22(29-26-20)21-16(3)18-13-15(2)7-10-19(18)24-21/h5-10,13,24H,11-12H2,1-4H3. The van der Waals surface area contributed by atoms with Crippen molar-refractivity contribution >= 4 is 16.8 Å². The van der Waals surface area contributed by atoms with Crippen LogP contribution in [0.1, 0.15) is 32.9 Å². The fourth-order valence-corrected chi connectivity index (χ4v) is 3.40. The Labute approximate surface area is 169 Å². The maximum absolute atomic E-state index is 12.5. The van der Waals surface area contributed by atoms with E-state index in [0.29, 0.717) is 30.2 Å². The van der Waals surface area contributed by atoms with Gasteiger partial charge in [-0.25, -0.2) is 0 Å². The van der Waals surface area contributed by atoms with Gasteiger partial charge in [0.1, 0.15) is 5.69 Å². The molecule has 6 heteroatoms. The molecule has 2 aromatic carbocycles. The van der Waals surface area contributed by atoms with Crippen LogP contribution in [0.4, 0.5) is 0 Å². The molecule has 29 heavy (non-hydrogen) atoms. The number of fused-ring (bicyclic) bond motifs is 1. The van der Waals surface area contributed by atoms with Gasteiger partial charge in [0.25, 0.3) is 11.8 Å². The molecule has 0 aliphatic carbocycles. The molecule has 0 atom stereocenters. The monoisotopic (exact) mass is 388 g/mol. The van der Waals surface area contributed by atoms with E-state index in [0.717, 1.165) is 27.7 Å². The molecule has 0 saturated carbocycles. The van der Waals surface area contributed by atoms with Crippen LogP contribution in [-0.2, 0) is 6.42 Å². The van der Waals surface area contributed by atoms with Crippen LogP contribution in [0.5, 0.6) is 0 Å². The van der Waals surface area contributed by atoms with E-state index < -0.39 is 0 Å². The zero-order valence-electron chi connectivity index (χ0n) is 17.1. The van der Waals surface area contributed by atoms with Gasteiger partial charge >= 0.3 is 0 Å². The summed E-state index contributed by atoms with van der Waals surface area (Å²) in [6.45, 7) is 6.63. The lowest BCUT2D eigenvalue weighted by Gasteiger charge is -2.16. The molecule has 0 bridgehead atoms. The molecular formula is C23H24N4O2. The third-order valence-electron chi connectivity index (χ3n) is 5.21. The third-order valence-corrected chi connectivity index (χ3v) is 5.21. The highest BCUT2D eigenvalue weighted by Crippen LogP contribution is 2.29. The fourth-order valence-electron chi connectivity index (χ4n) is 3.40. The van der Waals surface area contributed by atoms with E-state index in [1.807, 2.05) is 38.1 Å². The first-order valence-corrected chi connectivity index (χ1v) is 9.66. The predicted molar refractivity (Wildman–Crippen MR) is 113 cm³/mol. The second kappa shape index (κ2) is 7.54. The minimum Gasteiger partial charge on any atom is -0.350 e. The lowest BCUT2D eigenvalue weighted by atomic mass is 10.1. The van der Waals surface area contributed by atoms with Crippen molar-refractivity contribution in [2.24, 2.45) is 0 Å². The van der Waals surface area contributed by atoms with Crippen molar-refractivity contribution < 1.29 is 9.32 Å². The van der Waals surface area contributed by atoms with Crippen LogP contribution < -0.4 is 0 Å². The number of likely N-dealkylation sites (N-methyl/N-ethyl adjacent to an activating group) is 1. The van der Waals surface area contributed by atoms with E-state index in [4.69, 9.17) is 4.52 Å². The Bertz CT molecular complexity index is 1170. The van der Waals surface area contributed by atoms with Crippen molar-refractivity contribution in [2.45, 2.75) is 27.2 Å². The van der Waals surface area contributed by atoms with Crippen molar-refractivity contribution in [1.82, 2.24) is 20.0 Å². The topological polar surface area (TPSA) is 75.0 Å². The van der Waals surface area contributed by atoms with Crippen LogP contribution in [0.15, 0.2) is 47.0 Å². The first-order chi connectivity index (χ1) is 13.9. The molecule has 0 aliphatic rings. The van der Waals surface area contributed by atoms with Crippen molar-refractivity contribution in [2.75, 3.05) is 13.6 Å². The van der Waals surface area contributed by atoms with Gasteiger partial charge in [0.05, 0.1) is 0 Å². The average molecular weight is 388 g/mol. The van der Waals surface area contributed by atoms with Crippen molar-refractivity contribution in [3.63, 3.8) is 0 Å². The molecule has 148 valence electrons. The Morgan fingerprint density at radius 1 is 1.07 bits per heavy atom. The van der Waals surface area contributed by atoms with Crippen LogP contribution in [0, 0.1) is 20.8 Å². The Balaban J connectivity index is 1.46. The number of aromatic amines is 1. The quantitative estimate of drug-likeness (QED) is 0.548. The molecule has 4 rings (SSSR count). The fraction of sp³-hybridized carbons (Fsp3) is 0.261. The lowest BCUT2D eigenvalue weighted by molar-refractivity contribution is 0.0796. The number of hydrogen-bond acceptors (Lipinski definition) is 4. The Morgan fingerprint density at radius 2 is 1.79 bits per heavy atom. The van der Waals surface area contributed by atoms with Gasteiger partial charge < -0.3 is 14.4 Å². The molecule has 1 N–H and O–H groups in total. The Hall–Kier alpha value is -3.41. The first-order valence-electron chi connectivity index (χ1n) is 9.66. The van der Waals surface area contributed by atoms with Crippen LogP contribution >= 0.6 is 0 Å². The van der Waals surface area contributed by atoms with Crippen LogP contribution in [0.3, 0.4) is 0 Å². The molecule has 6 nitrogen and oxygen atoms in total. The molecule has 4 aromatic rings. The number of aryl methyl sites for hydroxylation is 3. The molecular weight excluding hydrogens is 364 g/mol. The van der Waals surface area contributed by atoms with Gasteiger partial charge in [-0.1, -0.05) is 34.5 Å². The number of carbonyl (C=O) groups excluding carboxylic acids is 1. The SMILES string of the molecule is Cc1ccc(C(=O)N(C)CCc2noc(-c3[nH]c4ccc(C)cc4c3C)n2)cc1. The van der Waals surface area contributed by atoms with Gasteiger partial charge in [0.2, 0.25) is 0 Å². The smallest absolute Gasteiger partial charge is 0.274 e. The summed E-state index contributed by atoms with van der Waals surface area (Å²) in [7, 11) is 1.79. The maximum atomic E-state index is 12.5. The van der Waals surface area contributed by atoms with Crippen LogP contribution in [0.25, 0.3) is 22.5 Å². The second-order valence-corrected chi connectivity index (χ2v) is 7.53. The molecule has 2 heterocycles. The molecule has 0 aliphatic heterocycles. The Morgan fingerprint density at radius 3 is 2.55 bits per heavy atom. The predicted octanol–water partition coefficient (Wildman–Crippen LogP) is 4.46. The number of hydrogen-bond donors (Lipinski definition) is 1. The van der Waals surface area contributed by atoms with Gasteiger partial charge in [-0.05, 0) is 50.6 Å². The number of nitrogens with one attached hydrogen (secondary N) is 1. The van der Waals surface area contributed by atoms with Crippen LogP contribution in [0.2, 0.25) is 0 Å². The summed E-state index contributed by atoms with van der Waals surface area (Å²) < 4.78 is 5.49. The highest BCUT2D eigenvalue weighted by atomic mass is 16.5. The molecule has 0 fully saturated rings. The van der Waals surface area contributed by atoms with Gasteiger partial charge in [-0.15, -0.1) is 0 Å². The summed E-state index contributed by atoms with van der Waals surface area (Å²) in [5.41, 5.74) is 5.99. The molecule has 0 spiro atoms. The molecule has 0 unspecified atom stereocenters. The minimum atomic E-state index is -0.0180. The number of rotatable bonds is 5. The molecule has 1 amide bonds. The summed E-state index contributed by atoms with van der Waals surface area (Å²) in [6.07, 6.45) is 0.524. The summed E-state index contributed by atoms with van der Waals surface area (Å²) >= 11 is 0. The average Bonchev–Trinajstić information content (AvgIpc) is 3.31. The highest BCUT2D eigenvalue weighted by Gasteiger charge is 2.17. The zero-order valence-corrected chi connectivity index (χ0v) is 17.1. The number of aromatic nitrogens is 3. The largest absolute Gasteiger partial charge is 0.350 e. The molecule has 0 saturated heterocycles. The minimum absolute atomic E-state index is 0.0180. The van der Waals surface area contributed by atoms with Gasteiger partial charge in [0, 0.05) is 36.5 Å². The van der Waals surface area contributed by atoms with E-state index >= 15 is 0 Å². The normalized spacial score (nSPS) is 11.2. The van der Waals surface area contributed by atoms with Crippen molar-refractivity contribution in [1.29, 1.82) is 0 Å². The van der Waals surface area contributed by atoms with Gasteiger partial charge in [0.15, 0.2) is 5.82 Å². The highest BCUT2D eigenvalue weighted by molar-refractivity contribution is 5.94. The summed E-state index contributed by atoms with van der Waals surface area (Å²) in [6, 6.07) is 13.9. The number of nitrogens with zero attached hydrogens (tertiary/aromatic N) is 3. The molecule has 2 aromatic heterocycles. The van der Waals surface area contributed by atoms with E-state index in [-0.39, 0.29) is 5.91 Å². The zero-order chi connectivity index (χ0) is 20.5. The third kappa shape index (κ3) is 3.78. The summed E-state index contributed by atoms with van der Waals surface area (Å²) in [5.74, 6) is 1.03. The number of benzene rings is 2. The van der Waals surface area contributed by atoms with Crippen LogP contribution in [-0.4, -0.2) is 39.5 Å². The van der Waals surface area contributed by atoms with Gasteiger partial charge in [-0.2, -0.15) is 4.98 Å². The number of amides is 1. The van der Waals surface area contributed by atoms with E-state index in [2.05, 4.69) is 40.2 Å². The Kier molecular flexibility index (Phi) is 4.92. The maximum Gasteiger partial charge on any atom is 0.274 e. The first kappa shape index (κ1) is 18.9. The van der Waals surface area contributed by atoms with Gasteiger partial charge in [-0.3, -0.25) is 4.79 Å². The van der Waals surface area contributed by atoms with E-state index in [1.165, 1.54) is 5.56 Å². The summed E-state index contributed by atoms with van der Waals surface area (Å²) in [4.78, 5) is 22.1. The summed E-state index contributed by atoms with van der Waals surface area (Å²) in [5, 5.41) is 5.25. The number of carbonyl (C=O) groups is 1. The second-order valence-electron chi connectivity index (χ2n) is 7.53. The van der Waals surface area contributed by atoms with Crippen molar-refractivity contribution in [3.05, 3.63) is 70.5 Å². The lowest BCUT2D eigenvalue weighted by Crippen LogP contribution is -2.29. The van der Waals surface area contributed by atoms with Crippen molar-refractivity contribution in [3.8, 4) is 11.6 Å². The number of H-pyrrole nitrogens is 1. The van der Waals surface area contributed by atoms with E-state index in [1.54, 1.807) is 11.9 Å². The molecule has 0 radical (unpaired) electrons. The van der Waals surface area contributed by atoms with E-state index in [9.17, 15) is 4.79 Å².